The lowest BCUT2D eigenvalue weighted by molar-refractivity contribution is -0.126. The van der Waals surface area contributed by atoms with E-state index < -0.39 is 0 Å². The van der Waals surface area contributed by atoms with E-state index in [0.29, 0.717) is 23.1 Å². The minimum absolute atomic E-state index is 0.164. The van der Waals surface area contributed by atoms with Crippen LogP contribution < -0.4 is 10.2 Å². The molecular weight excluding hydrogens is 313 g/mol. The average molecular weight is 328 g/mol. The summed E-state index contributed by atoms with van der Waals surface area (Å²) in [4.78, 5) is 27.0. The molecule has 3 amide bonds. The Morgan fingerprint density at radius 2 is 2.10 bits per heavy atom. The molecule has 1 aromatic carbocycles. The van der Waals surface area contributed by atoms with Gasteiger partial charge in [0.2, 0.25) is 5.91 Å². The number of carbonyl (C=O) groups excluding carboxylic acids is 2. The number of hydrogen-bond acceptors (Lipinski definition) is 3. The Morgan fingerprint density at radius 1 is 1.29 bits per heavy atom. The fourth-order valence-corrected chi connectivity index (χ4v) is 3.39. The Bertz CT molecular complexity index is 606. The van der Waals surface area contributed by atoms with Crippen LogP contribution in [0.15, 0.2) is 12.1 Å². The minimum atomic E-state index is -0.318. The number of nitrogens with zero attached hydrogens (tertiary/aromatic N) is 2. The van der Waals surface area contributed by atoms with Crippen molar-refractivity contribution in [1.29, 1.82) is 0 Å². The lowest BCUT2D eigenvalue weighted by Gasteiger charge is -2.32. The Hall–Kier alpha value is -1.46. The van der Waals surface area contributed by atoms with Crippen molar-refractivity contribution in [2.45, 2.75) is 12.8 Å². The van der Waals surface area contributed by atoms with Crippen molar-refractivity contribution in [3.63, 3.8) is 0 Å². The van der Waals surface area contributed by atoms with E-state index in [9.17, 15) is 9.59 Å². The van der Waals surface area contributed by atoms with Gasteiger partial charge in [0.25, 0.3) is 0 Å². The van der Waals surface area contributed by atoms with Crippen molar-refractivity contribution >= 4 is 40.8 Å². The topological polar surface area (TPSA) is 52.7 Å². The van der Waals surface area contributed by atoms with Crippen LogP contribution in [0.25, 0.3) is 0 Å². The smallest absolute Gasteiger partial charge is 0.324 e. The largest absolute Gasteiger partial charge is 0.362 e. The first-order chi connectivity index (χ1) is 10.1. The monoisotopic (exact) mass is 327 g/mol. The number of benzene rings is 1. The van der Waals surface area contributed by atoms with Gasteiger partial charge in [0.1, 0.15) is 0 Å². The molecule has 0 spiro atoms. The molecule has 0 atom stereocenters. The molecule has 0 saturated carbocycles. The van der Waals surface area contributed by atoms with Crippen LogP contribution in [0, 0.1) is 0 Å². The third-order valence-corrected chi connectivity index (χ3v) is 4.37. The molecule has 7 heteroatoms. The highest BCUT2D eigenvalue weighted by atomic mass is 35.5. The second-order valence-electron chi connectivity index (χ2n) is 5.19. The summed E-state index contributed by atoms with van der Waals surface area (Å²) >= 11 is 12.3. The van der Waals surface area contributed by atoms with Gasteiger partial charge < -0.3 is 10.2 Å². The first kappa shape index (κ1) is 14.5. The molecule has 0 radical (unpaired) electrons. The van der Waals surface area contributed by atoms with Crippen molar-refractivity contribution in [3.8, 4) is 0 Å². The number of imide groups is 1. The highest BCUT2D eigenvalue weighted by molar-refractivity contribution is 6.35. The van der Waals surface area contributed by atoms with Crippen LogP contribution in [0.3, 0.4) is 0 Å². The van der Waals surface area contributed by atoms with Crippen LogP contribution in [0.4, 0.5) is 10.5 Å². The van der Waals surface area contributed by atoms with Gasteiger partial charge in [0.15, 0.2) is 0 Å². The maximum atomic E-state index is 12.3. The summed E-state index contributed by atoms with van der Waals surface area (Å²) in [6, 6.07) is 3.24. The summed E-state index contributed by atoms with van der Waals surface area (Å²) in [5.41, 5.74) is 1.91. The average Bonchev–Trinajstić information content (AvgIpc) is 2.86. The molecule has 112 valence electrons. The molecule has 2 aliphatic heterocycles. The third kappa shape index (κ3) is 2.80. The zero-order chi connectivity index (χ0) is 15.0. The fraction of sp³-hybridized carbons (Fsp3) is 0.429. The molecule has 2 heterocycles. The summed E-state index contributed by atoms with van der Waals surface area (Å²) in [6.07, 6.45) is 1.80. The van der Waals surface area contributed by atoms with Gasteiger partial charge in [-0.3, -0.25) is 9.69 Å². The van der Waals surface area contributed by atoms with E-state index >= 15 is 0 Å². The van der Waals surface area contributed by atoms with E-state index in [0.717, 1.165) is 30.6 Å². The molecule has 0 aliphatic carbocycles. The van der Waals surface area contributed by atoms with Crippen molar-refractivity contribution < 1.29 is 9.59 Å². The van der Waals surface area contributed by atoms with Crippen molar-refractivity contribution in [2.75, 3.05) is 31.1 Å². The van der Waals surface area contributed by atoms with E-state index in [1.54, 1.807) is 6.07 Å². The minimum Gasteiger partial charge on any atom is -0.362 e. The molecule has 0 unspecified atom stereocenters. The molecule has 1 saturated heterocycles. The van der Waals surface area contributed by atoms with Crippen LogP contribution in [-0.2, 0) is 11.2 Å². The lowest BCUT2D eigenvalue weighted by atomic mass is 10.0. The molecule has 0 bridgehead atoms. The first-order valence-corrected chi connectivity index (χ1v) is 7.63. The number of urea groups is 1. The second kappa shape index (κ2) is 5.73. The summed E-state index contributed by atoms with van der Waals surface area (Å²) in [7, 11) is 0. The summed E-state index contributed by atoms with van der Waals surface area (Å²) in [5.74, 6) is -0.200. The second-order valence-corrected chi connectivity index (χ2v) is 6.03. The Labute approximate surface area is 132 Å². The normalized spacial score (nSPS) is 17.7. The van der Waals surface area contributed by atoms with Gasteiger partial charge in [-0.25, -0.2) is 4.79 Å². The zero-order valence-electron chi connectivity index (χ0n) is 11.4. The predicted molar refractivity (Wildman–Crippen MR) is 82.1 cm³/mol. The van der Waals surface area contributed by atoms with Crippen molar-refractivity contribution in [1.82, 2.24) is 10.2 Å². The van der Waals surface area contributed by atoms with Gasteiger partial charge in [0.05, 0.1) is 6.54 Å². The van der Waals surface area contributed by atoms with E-state index in [-0.39, 0.29) is 18.5 Å². The molecule has 1 aromatic rings. The number of nitrogens with one attached hydrogen (secondary N) is 1. The van der Waals surface area contributed by atoms with E-state index in [1.807, 2.05) is 11.0 Å². The molecular formula is C14H15Cl2N3O2. The Balaban J connectivity index is 1.82. The molecule has 5 nitrogen and oxygen atoms in total. The maximum absolute atomic E-state index is 12.3. The number of rotatable bonds is 2. The van der Waals surface area contributed by atoms with E-state index in [1.165, 1.54) is 4.90 Å². The summed E-state index contributed by atoms with van der Waals surface area (Å²) in [5, 5.41) is 3.82. The quantitative estimate of drug-likeness (QED) is 0.906. The van der Waals surface area contributed by atoms with Crippen LogP contribution in [-0.4, -0.2) is 43.0 Å². The number of hydrogen-bond donors (Lipinski definition) is 1. The van der Waals surface area contributed by atoms with Gasteiger partial charge in [0, 0.05) is 35.4 Å². The van der Waals surface area contributed by atoms with Gasteiger partial charge in [-0.15, -0.1) is 0 Å². The standard InChI is InChI=1S/C14H15Cl2N3O2/c15-9-6-11(16)10-2-1-4-18(12(10)7-9)8-13(20)19-5-3-17-14(19)21/h6-7H,1-5,8H2,(H,17,21). The highest BCUT2D eigenvalue weighted by Crippen LogP contribution is 2.35. The number of anilines is 1. The SMILES string of the molecule is O=C(CN1CCCc2c(Cl)cc(Cl)cc21)N1CCNC1=O. The Morgan fingerprint density at radius 3 is 2.81 bits per heavy atom. The van der Waals surface area contributed by atoms with Crippen LogP contribution >= 0.6 is 23.2 Å². The maximum Gasteiger partial charge on any atom is 0.324 e. The third-order valence-electron chi connectivity index (χ3n) is 3.82. The number of fused-ring (bicyclic) bond motifs is 1. The summed E-state index contributed by atoms with van der Waals surface area (Å²) in [6.45, 7) is 1.86. The highest BCUT2D eigenvalue weighted by Gasteiger charge is 2.29. The van der Waals surface area contributed by atoms with Crippen LogP contribution in [0.2, 0.25) is 10.0 Å². The molecule has 0 aromatic heterocycles. The fourth-order valence-electron chi connectivity index (χ4n) is 2.81. The zero-order valence-corrected chi connectivity index (χ0v) is 12.9. The number of halogens is 2. The van der Waals surface area contributed by atoms with Crippen molar-refractivity contribution in [3.05, 3.63) is 27.7 Å². The Kier molecular flexibility index (Phi) is 3.95. The van der Waals surface area contributed by atoms with Gasteiger partial charge in [-0.2, -0.15) is 0 Å². The van der Waals surface area contributed by atoms with Gasteiger partial charge >= 0.3 is 6.03 Å². The number of amides is 3. The predicted octanol–water partition coefficient (Wildman–Crippen LogP) is 2.30. The lowest BCUT2D eigenvalue weighted by Crippen LogP contribution is -2.43. The molecule has 2 aliphatic rings. The van der Waals surface area contributed by atoms with Gasteiger partial charge in [-0.1, -0.05) is 23.2 Å². The molecule has 1 fully saturated rings. The summed E-state index contributed by atoms with van der Waals surface area (Å²) < 4.78 is 0. The first-order valence-electron chi connectivity index (χ1n) is 6.87. The van der Waals surface area contributed by atoms with E-state index in [2.05, 4.69) is 5.32 Å². The number of carbonyl (C=O) groups is 2. The molecule has 3 rings (SSSR count). The van der Waals surface area contributed by atoms with Crippen LogP contribution in [0.5, 0.6) is 0 Å². The van der Waals surface area contributed by atoms with Gasteiger partial charge in [-0.05, 0) is 30.5 Å². The van der Waals surface area contributed by atoms with Crippen molar-refractivity contribution in [2.24, 2.45) is 0 Å². The van der Waals surface area contributed by atoms with E-state index in [4.69, 9.17) is 23.2 Å². The molecule has 21 heavy (non-hydrogen) atoms. The molecule has 1 N–H and O–H groups in total. The van der Waals surface area contributed by atoms with Crippen LogP contribution in [0.1, 0.15) is 12.0 Å².